The maximum absolute atomic E-state index is 12.3. The van der Waals surface area contributed by atoms with E-state index in [2.05, 4.69) is 10.1 Å². The number of hydrogen-bond donors (Lipinski definition) is 1. The predicted octanol–water partition coefficient (Wildman–Crippen LogP) is 4.54. The van der Waals surface area contributed by atoms with Crippen LogP contribution in [0.15, 0.2) is 41.1 Å². The van der Waals surface area contributed by atoms with Crippen molar-refractivity contribution < 1.29 is 17.9 Å². The summed E-state index contributed by atoms with van der Waals surface area (Å²) < 4.78 is 40.9. The van der Waals surface area contributed by atoms with Crippen molar-refractivity contribution in [2.45, 2.75) is 25.7 Å². The van der Waals surface area contributed by atoms with Crippen LogP contribution in [0, 0.1) is 0 Å². The van der Waals surface area contributed by atoms with Crippen molar-refractivity contribution in [2.75, 3.05) is 6.54 Å². The van der Waals surface area contributed by atoms with Gasteiger partial charge in [-0.25, -0.2) is 0 Å². The van der Waals surface area contributed by atoms with Crippen LogP contribution in [0.2, 0.25) is 0 Å². The van der Waals surface area contributed by atoms with E-state index in [1.165, 1.54) is 12.1 Å². The van der Waals surface area contributed by atoms with Crippen molar-refractivity contribution in [3.05, 3.63) is 52.2 Å². The van der Waals surface area contributed by atoms with E-state index in [1.54, 1.807) is 17.4 Å². The standard InChI is InChI=1S/C15H16F3NOS/c1-2-19-14(8-11-6-7-21-10-11)12-4-3-5-13(9-12)20-15(16,17)18/h3-7,9-10,14,19H,2,8H2,1H3. The van der Waals surface area contributed by atoms with Gasteiger partial charge < -0.3 is 10.1 Å². The lowest BCUT2D eigenvalue weighted by atomic mass is 10.0. The van der Waals surface area contributed by atoms with E-state index in [4.69, 9.17) is 0 Å². The fraction of sp³-hybridized carbons (Fsp3) is 0.333. The van der Waals surface area contributed by atoms with E-state index in [-0.39, 0.29) is 11.8 Å². The van der Waals surface area contributed by atoms with Gasteiger partial charge in [0.1, 0.15) is 5.75 Å². The van der Waals surface area contributed by atoms with Gasteiger partial charge in [0.05, 0.1) is 0 Å². The fourth-order valence-corrected chi connectivity index (χ4v) is 2.81. The average Bonchev–Trinajstić information content (AvgIpc) is 2.89. The molecule has 0 aliphatic carbocycles. The Labute approximate surface area is 125 Å². The molecule has 0 bridgehead atoms. The van der Waals surface area contributed by atoms with Gasteiger partial charge in [0.15, 0.2) is 0 Å². The van der Waals surface area contributed by atoms with E-state index in [0.717, 1.165) is 24.1 Å². The Bertz CT molecular complexity index is 554. The summed E-state index contributed by atoms with van der Waals surface area (Å²) in [7, 11) is 0. The molecule has 114 valence electrons. The first kappa shape index (κ1) is 15.9. The lowest BCUT2D eigenvalue weighted by Crippen LogP contribution is -2.23. The second-order valence-corrected chi connectivity index (χ2v) is 5.35. The molecule has 0 aliphatic rings. The maximum Gasteiger partial charge on any atom is 0.573 e. The molecular weight excluding hydrogens is 299 g/mol. The maximum atomic E-state index is 12.3. The summed E-state index contributed by atoms with van der Waals surface area (Å²) in [6, 6.07) is 8.11. The summed E-state index contributed by atoms with van der Waals surface area (Å²) in [4.78, 5) is 0. The summed E-state index contributed by atoms with van der Waals surface area (Å²) in [5.41, 5.74) is 1.94. The van der Waals surface area contributed by atoms with E-state index in [0.29, 0.717) is 0 Å². The van der Waals surface area contributed by atoms with Gasteiger partial charge in [-0.1, -0.05) is 19.1 Å². The highest BCUT2D eigenvalue weighted by Gasteiger charge is 2.31. The minimum atomic E-state index is -4.67. The summed E-state index contributed by atoms with van der Waals surface area (Å²) in [6.45, 7) is 2.70. The lowest BCUT2D eigenvalue weighted by Gasteiger charge is -2.19. The SMILES string of the molecule is CCNC(Cc1ccsc1)c1cccc(OC(F)(F)F)c1. The molecule has 0 aliphatic heterocycles. The van der Waals surface area contributed by atoms with Crippen LogP contribution in [0.5, 0.6) is 5.75 Å². The third-order valence-electron chi connectivity index (χ3n) is 2.96. The molecule has 1 atom stereocenters. The zero-order valence-corrected chi connectivity index (χ0v) is 12.3. The topological polar surface area (TPSA) is 21.3 Å². The van der Waals surface area contributed by atoms with Crippen molar-refractivity contribution in [1.29, 1.82) is 0 Å². The fourth-order valence-electron chi connectivity index (χ4n) is 2.13. The summed E-state index contributed by atoms with van der Waals surface area (Å²) >= 11 is 1.60. The van der Waals surface area contributed by atoms with Crippen molar-refractivity contribution in [3.8, 4) is 5.75 Å². The minimum absolute atomic E-state index is 0.0404. The third kappa shape index (κ3) is 5.06. The summed E-state index contributed by atoms with van der Waals surface area (Å²) in [5.74, 6) is -0.187. The second kappa shape index (κ2) is 6.95. The Kier molecular flexibility index (Phi) is 5.25. The molecule has 1 aromatic carbocycles. The molecule has 0 radical (unpaired) electrons. The van der Waals surface area contributed by atoms with Crippen molar-refractivity contribution in [2.24, 2.45) is 0 Å². The first-order chi connectivity index (χ1) is 9.98. The Morgan fingerprint density at radius 2 is 2.10 bits per heavy atom. The monoisotopic (exact) mass is 315 g/mol. The molecule has 1 aromatic heterocycles. The number of benzene rings is 1. The molecule has 2 rings (SSSR count). The molecule has 6 heteroatoms. The predicted molar refractivity (Wildman–Crippen MR) is 77.6 cm³/mol. The number of ether oxygens (including phenoxy) is 1. The molecular formula is C15H16F3NOS. The van der Waals surface area contributed by atoms with Crippen LogP contribution in [0.1, 0.15) is 24.1 Å². The van der Waals surface area contributed by atoms with Gasteiger partial charge in [-0.15, -0.1) is 13.2 Å². The van der Waals surface area contributed by atoms with Crippen molar-refractivity contribution in [3.63, 3.8) is 0 Å². The number of halogens is 3. The van der Waals surface area contributed by atoms with E-state index >= 15 is 0 Å². The quantitative estimate of drug-likeness (QED) is 0.845. The molecule has 0 amide bonds. The van der Waals surface area contributed by atoms with Crippen molar-refractivity contribution >= 4 is 11.3 Å². The van der Waals surface area contributed by atoms with Gasteiger partial charge in [-0.2, -0.15) is 11.3 Å². The highest BCUT2D eigenvalue weighted by Crippen LogP contribution is 2.27. The van der Waals surface area contributed by atoms with Crippen molar-refractivity contribution in [1.82, 2.24) is 5.32 Å². The molecule has 0 saturated carbocycles. The van der Waals surface area contributed by atoms with Crippen LogP contribution < -0.4 is 10.1 Å². The summed E-state index contributed by atoms with van der Waals surface area (Å²) in [6.07, 6.45) is -3.94. The lowest BCUT2D eigenvalue weighted by molar-refractivity contribution is -0.274. The average molecular weight is 315 g/mol. The Hall–Kier alpha value is -1.53. The van der Waals surface area contributed by atoms with Gasteiger partial charge in [0.25, 0.3) is 0 Å². The van der Waals surface area contributed by atoms with Gasteiger partial charge >= 0.3 is 6.36 Å². The number of thiophene rings is 1. The van der Waals surface area contributed by atoms with Crippen LogP contribution in [0.3, 0.4) is 0 Å². The second-order valence-electron chi connectivity index (χ2n) is 4.57. The highest BCUT2D eigenvalue weighted by molar-refractivity contribution is 7.07. The first-order valence-corrected chi connectivity index (χ1v) is 7.52. The van der Waals surface area contributed by atoms with Gasteiger partial charge in [-0.05, 0) is 53.1 Å². The van der Waals surface area contributed by atoms with Crippen LogP contribution in [0.25, 0.3) is 0 Å². The molecule has 1 unspecified atom stereocenters. The number of likely N-dealkylation sites (N-methyl/N-ethyl adjacent to an activating group) is 1. The van der Waals surface area contributed by atoms with Gasteiger partial charge in [0, 0.05) is 6.04 Å². The normalized spacial score (nSPS) is 13.1. The summed E-state index contributed by atoms with van der Waals surface area (Å²) in [5, 5.41) is 7.32. The zero-order valence-electron chi connectivity index (χ0n) is 11.5. The van der Waals surface area contributed by atoms with E-state index < -0.39 is 6.36 Å². The third-order valence-corrected chi connectivity index (χ3v) is 3.70. The number of alkyl halides is 3. The van der Waals surface area contributed by atoms with E-state index in [1.807, 2.05) is 29.8 Å². The molecule has 21 heavy (non-hydrogen) atoms. The minimum Gasteiger partial charge on any atom is -0.406 e. The van der Waals surface area contributed by atoms with Crippen LogP contribution in [-0.2, 0) is 6.42 Å². The van der Waals surface area contributed by atoms with Crippen LogP contribution in [-0.4, -0.2) is 12.9 Å². The molecule has 0 spiro atoms. The molecule has 0 saturated heterocycles. The van der Waals surface area contributed by atoms with Crippen LogP contribution >= 0.6 is 11.3 Å². The van der Waals surface area contributed by atoms with E-state index in [9.17, 15) is 13.2 Å². The van der Waals surface area contributed by atoms with Gasteiger partial charge in [-0.3, -0.25) is 0 Å². The molecule has 1 heterocycles. The molecule has 2 nitrogen and oxygen atoms in total. The largest absolute Gasteiger partial charge is 0.573 e. The Balaban J connectivity index is 2.17. The number of nitrogens with one attached hydrogen (secondary N) is 1. The van der Waals surface area contributed by atoms with Crippen LogP contribution in [0.4, 0.5) is 13.2 Å². The number of hydrogen-bond acceptors (Lipinski definition) is 3. The Morgan fingerprint density at radius 1 is 1.29 bits per heavy atom. The molecule has 2 aromatic rings. The highest BCUT2D eigenvalue weighted by atomic mass is 32.1. The number of rotatable bonds is 6. The zero-order chi connectivity index (χ0) is 15.3. The first-order valence-electron chi connectivity index (χ1n) is 6.58. The molecule has 1 N–H and O–H groups in total. The van der Waals surface area contributed by atoms with Gasteiger partial charge in [0.2, 0.25) is 0 Å². The molecule has 0 fully saturated rings. The smallest absolute Gasteiger partial charge is 0.406 e. The Morgan fingerprint density at radius 3 is 2.71 bits per heavy atom.